The minimum atomic E-state index is -0.741. The maximum Gasteiger partial charge on any atom is 0.242 e. The number of likely N-dealkylation sites (N-methyl/N-ethyl adjacent to an activating group) is 1. The molecule has 2 N–H and O–H groups in total. The Kier molecular flexibility index (Phi) is 6.63. The van der Waals surface area contributed by atoms with Gasteiger partial charge in [0.1, 0.15) is 0 Å². The molecule has 1 unspecified atom stereocenters. The molecule has 1 amide bonds. The first-order valence-corrected chi connectivity index (χ1v) is 9.01. The Balaban J connectivity index is 1.75. The zero-order valence-electron chi connectivity index (χ0n) is 15.4. The number of hydrogen-bond donors (Lipinski definition) is 1. The lowest BCUT2D eigenvalue weighted by Gasteiger charge is -2.37. The van der Waals surface area contributed by atoms with Crippen molar-refractivity contribution in [1.29, 1.82) is 0 Å². The van der Waals surface area contributed by atoms with Crippen molar-refractivity contribution in [2.24, 2.45) is 5.73 Å². The van der Waals surface area contributed by atoms with Gasteiger partial charge in [-0.15, -0.1) is 0 Å². The van der Waals surface area contributed by atoms with Crippen LogP contribution in [-0.2, 0) is 4.79 Å². The van der Waals surface area contributed by atoms with Gasteiger partial charge in [0.05, 0.1) is 5.54 Å². The molecule has 0 bridgehead atoms. The standard InChI is InChI=1S/C19H32N4O/c1-4-10-19(2,20)18(24)21(3)11-12-22-13-15-23(16-14-22)17-8-6-5-7-9-17/h5-9H,4,10-16,20H2,1-3H3. The van der Waals surface area contributed by atoms with E-state index in [1.54, 1.807) is 4.90 Å². The summed E-state index contributed by atoms with van der Waals surface area (Å²) in [4.78, 5) is 19.1. The summed E-state index contributed by atoms with van der Waals surface area (Å²) in [6.45, 7) is 9.68. The minimum Gasteiger partial charge on any atom is -0.369 e. The number of rotatable bonds is 7. The number of nitrogens with zero attached hydrogens (tertiary/aromatic N) is 3. The molecule has 0 radical (unpaired) electrons. The highest BCUT2D eigenvalue weighted by molar-refractivity contribution is 5.85. The topological polar surface area (TPSA) is 52.8 Å². The first kappa shape index (κ1) is 18.7. The largest absolute Gasteiger partial charge is 0.369 e. The molecule has 1 heterocycles. The predicted octanol–water partition coefficient (Wildman–Crippen LogP) is 1.78. The highest BCUT2D eigenvalue weighted by atomic mass is 16.2. The second kappa shape index (κ2) is 8.49. The fourth-order valence-electron chi connectivity index (χ4n) is 3.32. The van der Waals surface area contributed by atoms with Crippen molar-refractivity contribution in [3.63, 3.8) is 0 Å². The molecular weight excluding hydrogens is 300 g/mol. The molecule has 134 valence electrons. The summed E-state index contributed by atoms with van der Waals surface area (Å²) in [5.74, 6) is 0.0484. The van der Waals surface area contributed by atoms with Crippen molar-refractivity contribution < 1.29 is 4.79 Å². The van der Waals surface area contributed by atoms with Gasteiger partial charge in [-0.3, -0.25) is 9.69 Å². The number of amides is 1. The average Bonchev–Trinajstić information content (AvgIpc) is 2.60. The van der Waals surface area contributed by atoms with E-state index in [1.165, 1.54) is 5.69 Å². The molecule has 0 spiro atoms. The molecule has 5 nitrogen and oxygen atoms in total. The number of hydrogen-bond acceptors (Lipinski definition) is 4. The molecule has 1 aliphatic rings. The van der Waals surface area contributed by atoms with Crippen LogP contribution in [-0.4, -0.2) is 67.6 Å². The zero-order chi connectivity index (χ0) is 17.6. The lowest BCUT2D eigenvalue weighted by Crippen LogP contribution is -2.54. The van der Waals surface area contributed by atoms with Crippen LogP contribution in [0, 0.1) is 0 Å². The Hall–Kier alpha value is -1.59. The molecule has 0 aliphatic carbocycles. The maximum absolute atomic E-state index is 12.4. The maximum atomic E-state index is 12.4. The van der Waals surface area contributed by atoms with E-state index >= 15 is 0 Å². The Morgan fingerprint density at radius 1 is 1.21 bits per heavy atom. The number of nitrogens with two attached hydrogens (primary N) is 1. The van der Waals surface area contributed by atoms with Gasteiger partial charge in [-0.2, -0.15) is 0 Å². The third-order valence-electron chi connectivity index (χ3n) is 4.85. The first-order valence-electron chi connectivity index (χ1n) is 9.01. The zero-order valence-corrected chi connectivity index (χ0v) is 15.4. The summed E-state index contributed by atoms with van der Waals surface area (Å²) in [7, 11) is 1.86. The summed E-state index contributed by atoms with van der Waals surface area (Å²) in [5, 5.41) is 0. The number of benzene rings is 1. The number of piperazine rings is 1. The van der Waals surface area contributed by atoms with Crippen molar-refractivity contribution >= 4 is 11.6 Å². The van der Waals surface area contributed by atoms with Gasteiger partial charge in [-0.05, 0) is 25.5 Å². The SMILES string of the molecule is CCCC(C)(N)C(=O)N(C)CCN1CCN(c2ccccc2)CC1. The van der Waals surface area contributed by atoms with Crippen molar-refractivity contribution in [3.05, 3.63) is 30.3 Å². The molecule has 0 aromatic heterocycles. The van der Waals surface area contributed by atoms with Crippen LogP contribution < -0.4 is 10.6 Å². The third-order valence-corrected chi connectivity index (χ3v) is 4.85. The number of carbonyl (C=O) groups excluding carboxylic acids is 1. The van der Waals surface area contributed by atoms with Gasteiger partial charge >= 0.3 is 0 Å². The van der Waals surface area contributed by atoms with Crippen LogP contribution in [0.3, 0.4) is 0 Å². The van der Waals surface area contributed by atoms with E-state index in [2.05, 4.69) is 47.1 Å². The van der Waals surface area contributed by atoms with E-state index in [4.69, 9.17) is 5.73 Å². The number of para-hydroxylation sites is 1. The van der Waals surface area contributed by atoms with Gasteiger partial charge in [0.2, 0.25) is 5.91 Å². The van der Waals surface area contributed by atoms with Crippen LogP contribution in [0.1, 0.15) is 26.7 Å². The van der Waals surface area contributed by atoms with E-state index in [0.717, 1.165) is 52.1 Å². The Morgan fingerprint density at radius 2 is 1.83 bits per heavy atom. The van der Waals surface area contributed by atoms with Gasteiger partial charge in [0.25, 0.3) is 0 Å². The van der Waals surface area contributed by atoms with Gasteiger partial charge in [0.15, 0.2) is 0 Å². The Bertz CT molecular complexity index is 509. The monoisotopic (exact) mass is 332 g/mol. The van der Waals surface area contributed by atoms with Crippen LogP contribution in [0.5, 0.6) is 0 Å². The molecule has 1 aromatic carbocycles. The summed E-state index contributed by atoms with van der Waals surface area (Å²) >= 11 is 0. The van der Waals surface area contributed by atoms with Gasteiger partial charge in [-0.25, -0.2) is 0 Å². The summed E-state index contributed by atoms with van der Waals surface area (Å²) in [5.41, 5.74) is 6.71. The summed E-state index contributed by atoms with van der Waals surface area (Å²) < 4.78 is 0. The van der Waals surface area contributed by atoms with E-state index < -0.39 is 5.54 Å². The molecule has 1 aliphatic heterocycles. The highest BCUT2D eigenvalue weighted by Crippen LogP contribution is 2.16. The molecular formula is C19H32N4O. The summed E-state index contributed by atoms with van der Waals surface area (Å²) in [6.07, 6.45) is 1.65. The molecule has 24 heavy (non-hydrogen) atoms. The molecule has 1 atom stereocenters. The lowest BCUT2D eigenvalue weighted by atomic mass is 9.96. The first-order chi connectivity index (χ1) is 11.4. The summed E-state index contributed by atoms with van der Waals surface area (Å²) in [6, 6.07) is 10.6. The molecule has 2 rings (SSSR count). The molecule has 5 heteroatoms. The second-order valence-electron chi connectivity index (χ2n) is 7.06. The van der Waals surface area contributed by atoms with Crippen molar-refractivity contribution in [2.45, 2.75) is 32.2 Å². The predicted molar refractivity (Wildman–Crippen MR) is 100 cm³/mol. The fourth-order valence-corrected chi connectivity index (χ4v) is 3.32. The van der Waals surface area contributed by atoms with Gasteiger partial charge in [-0.1, -0.05) is 31.5 Å². The molecule has 0 saturated carbocycles. The Labute approximate surface area is 146 Å². The highest BCUT2D eigenvalue weighted by Gasteiger charge is 2.30. The smallest absolute Gasteiger partial charge is 0.242 e. The molecule has 1 fully saturated rings. The normalized spacial score (nSPS) is 18.2. The van der Waals surface area contributed by atoms with E-state index in [1.807, 2.05) is 14.0 Å². The average molecular weight is 332 g/mol. The second-order valence-corrected chi connectivity index (χ2v) is 7.06. The van der Waals surface area contributed by atoms with E-state index in [0.29, 0.717) is 0 Å². The van der Waals surface area contributed by atoms with Crippen LogP contribution in [0.15, 0.2) is 30.3 Å². The van der Waals surface area contributed by atoms with Crippen LogP contribution >= 0.6 is 0 Å². The van der Waals surface area contributed by atoms with Crippen LogP contribution in [0.2, 0.25) is 0 Å². The van der Waals surface area contributed by atoms with Crippen LogP contribution in [0.4, 0.5) is 5.69 Å². The fraction of sp³-hybridized carbons (Fsp3) is 0.632. The lowest BCUT2D eigenvalue weighted by molar-refractivity contribution is -0.135. The molecule has 1 saturated heterocycles. The minimum absolute atomic E-state index is 0.0484. The number of anilines is 1. The van der Waals surface area contributed by atoms with E-state index in [-0.39, 0.29) is 5.91 Å². The number of carbonyl (C=O) groups is 1. The Morgan fingerprint density at radius 3 is 2.42 bits per heavy atom. The van der Waals surface area contributed by atoms with Crippen molar-refractivity contribution in [3.8, 4) is 0 Å². The van der Waals surface area contributed by atoms with Crippen molar-refractivity contribution in [1.82, 2.24) is 9.80 Å². The van der Waals surface area contributed by atoms with E-state index in [9.17, 15) is 4.79 Å². The molecule has 1 aromatic rings. The third kappa shape index (κ3) is 4.95. The van der Waals surface area contributed by atoms with Crippen LogP contribution in [0.25, 0.3) is 0 Å². The van der Waals surface area contributed by atoms with Gasteiger partial charge in [0, 0.05) is 52.0 Å². The van der Waals surface area contributed by atoms with Crippen molar-refractivity contribution in [2.75, 3.05) is 51.2 Å². The van der Waals surface area contributed by atoms with Gasteiger partial charge < -0.3 is 15.5 Å². The quantitative estimate of drug-likeness (QED) is 0.827.